The first-order valence-corrected chi connectivity index (χ1v) is 6.92. The van der Waals surface area contributed by atoms with Crippen LogP contribution in [0.15, 0.2) is 18.2 Å². The Hall–Kier alpha value is -0.190. The van der Waals surface area contributed by atoms with E-state index in [-0.39, 0.29) is 24.8 Å². The third-order valence-corrected chi connectivity index (χ3v) is 3.76. The van der Waals surface area contributed by atoms with Gasteiger partial charge in [0.05, 0.1) is 7.11 Å². The van der Waals surface area contributed by atoms with E-state index in [9.17, 15) is 0 Å². The molecular weight excluding hydrogens is 319 g/mol. The second-order valence-corrected chi connectivity index (χ2v) is 5.03. The monoisotopic (exact) mass is 340 g/mol. The summed E-state index contributed by atoms with van der Waals surface area (Å²) < 4.78 is 5.47. The molecule has 0 spiro atoms. The predicted octanol–water partition coefficient (Wildman–Crippen LogP) is 3.55. The van der Waals surface area contributed by atoms with Gasteiger partial charge in [-0.2, -0.15) is 0 Å². The Labute approximate surface area is 138 Å². The summed E-state index contributed by atoms with van der Waals surface area (Å²) >= 11 is 6.13. The molecule has 116 valence electrons. The van der Waals surface area contributed by atoms with Crippen LogP contribution in [-0.2, 0) is 0 Å². The van der Waals surface area contributed by atoms with Crippen molar-refractivity contribution in [3.8, 4) is 5.75 Å². The molecule has 1 saturated heterocycles. The quantitative estimate of drug-likeness (QED) is 0.906. The molecule has 20 heavy (non-hydrogen) atoms. The van der Waals surface area contributed by atoms with E-state index in [0.29, 0.717) is 6.04 Å². The van der Waals surface area contributed by atoms with E-state index in [1.807, 2.05) is 18.2 Å². The molecule has 1 fully saturated rings. The number of rotatable bonds is 4. The van der Waals surface area contributed by atoms with Crippen LogP contribution >= 0.6 is 36.4 Å². The lowest BCUT2D eigenvalue weighted by Crippen LogP contribution is -2.45. The lowest BCUT2D eigenvalue weighted by molar-refractivity contribution is 0.166. The molecule has 0 aliphatic carbocycles. The third kappa shape index (κ3) is 4.68. The Morgan fingerprint density at radius 3 is 2.50 bits per heavy atom. The number of ether oxygens (including phenoxy) is 1. The number of nitrogens with one attached hydrogen (secondary N) is 1. The SMILES string of the molecule is CC[C@@H](c1cc(Cl)ccc1OC)N1CCNCC1.Cl.Cl. The van der Waals surface area contributed by atoms with Crippen molar-refractivity contribution >= 4 is 36.4 Å². The Morgan fingerprint density at radius 2 is 1.95 bits per heavy atom. The van der Waals surface area contributed by atoms with Gasteiger partial charge in [0.15, 0.2) is 0 Å². The normalized spacial score (nSPS) is 16.8. The van der Waals surface area contributed by atoms with Gasteiger partial charge in [-0.05, 0) is 24.6 Å². The summed E-state index contributed by atoms with van der Waals surface area (Å²) in [7, 11) is 1.72. The maximum Gasteiger partial charge on any atom is 0.123 e. The van der Waals surface area contributed by atoms with Crippen LogP contribution in [-0.4, -0.2) is 38.2 Å². The Kier molecular flexibility index (Phi) is 9.60. The van der Waals surface area contributed by atoms with Crippen LogP contribution in [0.4, 0.5) is 0 Å². The number of piperazine rings is 1. The standard InChI is InChI=1S/C14H21ClN2O.2ClH/c1-3-13(17-8-6-16-7-9-17)12-10-11(15)4-5-14(12)18-2;;/h4-5,10,13,16H,3,6-9H2,1-2H3;2*1H/t13-;;/m0../s1. The van der Waals surface area contributed by atoms with Crippen LogP contribution in [0, 0.1) is 0 Å². The molecule has 0 amide bonds. The van der Waals surface area contributed by atoms with E-state index in [1.54, 1.807) is 7.11 Å². The highest BCUT2D eigenvalue weighted by atomic mass is 35.5. The van der Waals surface area contributed by atoms with Crippen LogP contribution in [0.5, 0.6) is 5.75 Å². The highest BCUT2D eigenvalue weighted by molar-refractivity contribution is 6.30. The van der Waals surface area contributed by atoms with Crippen LogP contribution in [0.2, 0.25) is 5.02 Å². The van der Waals surface area contributed by atoms with Crippen molar-refractivity contribution in [2.45, 2.75) is 19.4 Å². The molecule has 0 radical (unpaired) electrons. The molecule has 1 N–H and O–H groups in total. The minimum atomic E-state index is 0. The molecule has 6 heteroatoms. The first kappa shape index (κ1) is 19.8. The molecule has 1 aromatic rings. The van der Waals surface area contributed by atoms with Crippen molar-refractivity contribution in [3.63, 3.8) is 0 Å². The van der Waals surface area contributed by atoms with Crippen molar-refractivity contribution in [2.24, 2.45) is 0 Å². The van der Waals surface area contributed by atoms with E-state index in [0.717, 1.165) is 43.4 Å². The molecule has 1 aliphatic heterocycles. The summed E-state index contributed by atoms with van der Waals surface area (Å²) in [5, 5.41) is 4.16. The van der Waals surface area contributed by atoms with Gasteiger partial charge in [-0.3, -0.25) is 4.90 Å². The molecule has 1 aromatic carbocycles. The first-order valence-electron chi connectivity index (χ1n) is 6.54. The van der Waals surface area contributed by atoms with Crippen LogP contribution in [0.1, 0.15) is 24.9 Å². The van der Waals surface area contributed by atoms with Gasteiger partial charge in [0.1, 0.15) is 5.75 Å². The molecule has 2 rings (SSSR count). The Bertz CT molecular complexity index is 398. The lowest BCUT2D eigenvalue weighted by Gasteiger charge is -2.35. The lowest BCUT2D eigenvalue weighted by atomic mass is 10.0. The summed E-state index contributed by atoms with van der Waals surface area (Å²) in [6.07, 6.45) is 1.07. The summed E-state index contributed by atoms with van der Waals surface area (Å²) in [4.78, 5) is 2.50. The van der Waals surface area contributed by atoms with Gasteiger partial charge >= 0.3 is 0 Å². The second-order valence-electron chi connectivity index (χ2n) is 4.60. The van der Waals surface area contributed by atoms with Gasteiger partial charge in [0, 0.05) is 42.8 Å². The second kappa shape index (κ2) is 9.69. The summed E-state index contributed by atoms with van der Waals surface area (Å²) in [5.74, 6) is 0.935. The molecule has 1 atom stereocenters. The zero-order chi connectivity index (χ0) is 13.0. The number of methoxy groups -OCH3 is 1. The number of halogens is 3. The minimum absolute atomic E-state index is 0. The van der Waals surface area contributed by atoms with Crippen LogP contribution < -0.4 is 10.1 Å². The fraction of sp³-hybridized carbons (Fsp3) is 0.571. The maximum atomic E-state index is 6.13. The molecule has 1 aliphatic rings. The molecular formula is C14H23Cl3N2O. The Morgan fingerprint density at radius 1 is 1.30 bits per heavy atom. The summed E-state index contributed by atoms with van der Waals surface area (Å²) in [6.45, 7) is 6.48. The van der Waals surface area contributed by atoms with Gasteiger partial charge in [-0.15, -0.1) is 24.8 Å². The molecule has 0 aromatic heterocycles. The van der Waals surface area contributed by atoms with Crippen molar-refractivity contribution in [2.75, 3.05) is 33.3 Å². The van der Waals surface area contributed by atoms with E-state index < -0.39 is 0 Å². The van der Waals surface area contributed by atoms with Crippen molar-refractivity contribution in [3.05, 3.63) is 28.8 Å². The highest BCUT2D eigenvalue weighted by Gasteiger charge is 2.23. The zero-order valence-corrected chi connectivity index (χ0v) is 14.3. The number of hydrogen-bond donors (Lipinski definition) is 1. The van der Waals surface area contributed by atoms with Crippen molar-refractivity contribution in [1.29, 1.82) is 0 Å². The fourth-order valence-corrected chi connectivity index (χ4v) is 2.81. The topological polar surface area (TPSA) is 24.5 Å². The van der Waals surface area contributed by atoms with Crippen molar-refractivity contribution in [1.82, 2.24) is 10.2 Å². The molecule has 0 saturated carbocycles. The largest absolute Gasteiger partial charge is 0.496 e. The van der Waals surface area contributed by atoms with E-state index in [2.05, 4.69) is 17.1 Å². The Balaban J connectivity index is 0.00000180. The number of benzene rings is 1. The number of nitrogens with zero attached hydrogens (tertiary/aromatic N) is 1. The molecule has 3 nitrogen and oxygen atoms in total. The molecule has 0 bridgehead atoms. The van der Waals surface area contributed by atoms with Crippen LogP contribution in [0.3, 0.4) is 0 Å². The minimum Gasteiger partial charge on any atom is -0.496 e. The van der Waals surface area contributed by atoms with Gasteiger partial charge in [0.25, 0.3) is 0 Å². The van der Waals surface area contributed by atoms with Gasteiger partial charge in [0.2, 0.25) is 0 Å². The third-order valence-electron chi connectivity index (χ3n) is 3.53. The zero-order valence-electron chi connectivity index (χ0n) is 11.9. The van der Waals surface area contributed by atoms with E-state index in [4.69, 9.17) is 16.3 Å². The average Bonchev–Trinajstić information content (AvgIpc) is 2.41. The fourth-order valence-electron chi connectivity index (χ4n) is 2.63. The average molecular weight is 342 g/mol. The van der Waals surface area contributed by atoms with E-state index >= 15 is 0 Å². The molecule has 0 unspecified atom stereocenters. The van der Waals surface area contributed by atoms with Crippen molar-refractivity contribution < 1.29 is 4.74 Å². The predicted molar refractivity (Wildman–Crippen MR) is 90.0 cm³/mol. The first-order chi connectivity index (χ1) is 8.76. The summed E-state index contributed by atoms with van der Waals surface area (Å²) in [5.41, 5.74) is 1.20. The van der Waals surface area contributed by atoms with Gasteiger partial charge in [-0.25, -0.2) is 0 Å². The molecule has 1 heterocycles. The van der Waals surface area contributed by atoms with Gasteiger partial charge < -0.3 is 10.1 Å². The van der Waals surface area contributed by atoms with E-state index in [1.165, 1.54) is 5.56 Å². The smallest absolute Gasteiger partial charge is 0.123 e. The number of hydrogen-bond acceptors (Lipinski definition) is 3. The van der Waals surface area contributed by atoms with Gasteiger partial charge in [-0.1, -0.05) is 18.5 Å². The maximum absolute atomic E-state index is 6.13. The van der Waals surface area contributed by atoms with Crippen LogP contribution in [0.25, 0.3) is 0 Å². The highest BCUT2D eigenvalue weighted by Crippen LogP contribution is 2.33. The summed E-state index contributed by atoms with van der Waals surface area (Å²) in [6, 6.07) is 6.27.